The van der Waals surface area contributed by atoms with Gasteiger partial charge in [-0.1, -0.05) is 0 Å². The summed E-state index contributed by atoms with van der Waals surface area (Å²) >= 11 is 5.00. The highest BCUT2D eigenvalue weighted by atomic mass is 79.9. The molecular weight excluding hydrogens is 352 g/mol. The van der Waals surface area contributed by atoms with Gasteiger partial charge in [-0.2, -0.15) is 11.8 Å². The quantitative estimate of drug-likeness (QED) is 0.855. The lowest BCUT2D eigenvalue weighted by atomic mass is 10.1. The molecule has 1 aromatic carbocycles. The minimum absolute atomic E-state index is 0.00814. The lowest BCUT2D eigenvalue weighted by molar-refractivity contribution is -0.119. The van der Waals surface area contributed by atoms with Gasteiger partial charge >= 0.3 is 0 Å². The van der Waals surface area contributed by atoms with Crippen molar-refractivity contribution in [2.24, 2.45) is 11.1 Å². The van der Waals surface area contributed by atoms with Crippen LogP contribution >= 0.6 is 27.7 Å². The van der Waals surface area contributed by atoms with E-state index in [2.05, 4.69) is 21.2 Å². The van der Waals surface area contributed by atoms with Crippen LogP contribution in [0.4, 0.5) is 5.69 Å². The maximum Gasteiger partial charge on any atom is 0.238 e. The molecule has 1 aromatic rings. The van der Waals surface area contributed by atoms with Crippen LogP contribution in [0, 0.1) is 5.92 Å². The molecule has 104 valence electrons. The fourth-order valence-electron chi connectivity index (χ4n) is 1.75. The van der Waals surface area contributed by atoms with Crippen LogP contribution in [0.2, 0.25) is 0 Å². The molecule has 1 aliphatic rings. The summed E-state index contributed by atoms with van der Waals surface area (Å²) in [6, 6.07) is 4.29. The van der Waals surface area contributed by atoms with E-state index in [1.165, 1.54) is 18.2 Å². The van der Waals surface area contributed by atoms with Gasteiger partial charge in [-0.15, -0.1) is 0 Å². The zero-order valence-corrected chi connectivity index (χ0v) is 13.1. The first-order valence-electron chi connectivity index (χ1n) is 5.59. The second-order valence-corrected chi connectivity index (χ2v) is 7.80. The molecule has 1 atom stereocenters. The van der Waals surface area contributed by atoms with Crippen molar-refractivity contribution < 1.29 is 13.2 Å². The van der Waals surface area contributed by atoms with E-state index < -0.39 is 10.0 Å². The van der Waals surface area contributed by atoms with Crippen LogP contribution < -0.4 is 10.5 Å². The number of carbonyl (C=O) groups is 1. The number of amides is 1. The molecule has 2 rings (SSSR count). The fourth-order valence-corrected chi connectivity index (χ4v) is 4.14. The third kappa shape index (κ3) is 3.71. The van der Waals surface area contributed by atoms with Crippen molar-refractivity contribution >= 4 is 49.3 Å². The molecule has 0 aromatic heterocycles. The highest BCUT2D eigenvalue weighted by molar-refractivity contribution is 9.10. The number of halogens is 1. The first-order valence-corrected chi connectivity index (χ1v) is 9.08. The van der Waals surface area contributed by atoms with Crippen molar-refractivity contribution in [3.63, 3.8) is 0 Å². The van der Waals surface area contributed by atoms with Gasteiger partial charge in [0.1, 0.15) is 0 Å². The van der Waals surface area contributed by atoms with Gasteiger partial charge in [-0.05, 0) is 46.3 Å². The Morgan fingerprint density at radius 1 is 1.47 bits per heavy atom. The van der Waals surface area contributed by atoms with Crippen LogP contribution in [-0.4, -0.2) is 25.8 Å². The summed E-state index contributed by atoms with van der Waals surface area (Å²) in [4.78, 5) is 12.0. The Hall–Kier alpha value is -0.570. The summed E-state index contributed by atoms with van der Waals surface area (Å²) in [5, 5.41) is 7.83. The number of benzene rings is 1. The molecule has 0 bridgehead atoms. The first-order chi connectivity index (χ1) is 8.88. The van der Waals surface area contributed by atoms with Crippen molar-refractivity contribution in [1.82, 2.24) is 0 Å². The van der Waals surface area contributed by atoms with Gasteiger partial charge in [-0.25, -0.2) is 13.6 Å². The monoisotopic (exact) mass is 364 g/mol. The van der Waals surface area contributed by atoms with Crippen LogP contribution in [0.25, 0.3) is 0 Å². The van der Waals surface area contributed by atoms with Gasteiger partial charge in [0.05, 0.1) is 10.6 Å². The summed E-state index contributed by atoms with van der Waals surface area (Å²) < 4.78 is 22.9. The second kappa shape index (κ2) is 5.82. The number of nitrogens with one attached hydrogen (secondary N) is 1. The number of hydrogen-bond donors (Lipinski definition) is 2. The summed E-state index contributed by atoms with van der Waals surface area (Å²) in [7, 11) is -3.73. The smallest absolute Gasteiger partial charge is 0.238 e. The van der Waals surface area contributed by atoms with E-state index >= 15 is 0 Å². The van der Waals surface area contributed by atoms with E-state index in [0.29, 0.717) is 10.2 Å². The summed E-state index contributed by atoms with van der Waals surface area (Å²) in [5.41, 5.74) is 0.550. The maximum absolute atomic E-state index is 12.0. The molecule has 1 amide bonds. The van der Waals surface area contributed by atoms with Crippen LogP contribution in [0.3, 0.4) is 0 Å². The summed E-state index contributed by atoms with van der Waals surface area (Å²) in [6.45, 7) is 0. The number of hydrogen-bond acceptors (Lipinski definition) is 4. The fraction of sp³-hybridized carbons (Fsp3) is 0.364. The average molecular weight is 365 g/mol. The Labute approximate surface area is 124 Å². The van der Waals surface area contributed by atoms with E-state index in [0.717, 1.165) is 17.9 Å². The number of sulfonamides is 1. The van der Waals surface area contributed by atoms with Crippen molar-refractivity contribution in [3.8, 4) is 0 Å². The molecule has 0 saturated carbocycles. The Morgan fingerprint density at radius 3 is 2.74 bits per heavy atom. The van der Waals surface area contributed by atoms with Crippen molar-refractivity contribution in [3.05, 3.63) is 22.7 Å². The van der Waals surface area contributed by atoms with Gasteiger partial charge in [0, 0.05) is 16.1 Å². The Morgan fingerprint density at radius 2 is 2.21 bits per heavy atom. The molecule has 0 radical (unpaired) electrons. The first kappa shape index (κ1) is 14.8. The summed E-state index contributed by atoms with van der Waals surface area (Å²) in [6.07, 6.45) is 0.878. The molecule has 1 saturated heterocycles. The van der Waals surface area contributed by atoms with Crippen LogP contribution in [0.15, 0.2) is 27.6 Å². The maximum atomic E-state index is 12.0. The molecule has 1 heterocycles. The highest BCUT2D eigenvalue weighted by Gasteiger charge is 2.23. The summed E-state index contributed by atoms with van der Waals surface area (Å²) in [5.74, 6) is 1.83. The number of nitrogens with two attached hydrogens (primary N) is 1. The predicted octanol–water partition coefficient (Wildman–Crippen LogP) is 1.79. The van der Waals surface area contributed by atoms with E-state index in [4.69, 9.17) is 5.14 Å². The minimum Gasteiger partial charge on any atom is -0.325 e. The molecule has 5 nitrogen and oxygen atoms in total. The van der Waals surface area contributed by atoms with E-state index in [9.17, 15) is 13.2 Å². The van der Waals surface area contributed by atoms with Crippen molar-refractivity contribution in [1.29, 1.82) is 0 Å². The lowest BCUT2D eigenvalue weighted by Gasteiger charge is -2.12. The molecule has 3 N–H and O–H groups in total. The predicted molar refractivity (Wildman–Crippen MR) is 79.6 cm³/mol. The Bertz CT molecular complexity index is 598. The Kier molecular flexibility index (Phi) is 4.54. The molecule has 0 spiro atoms. The number of rotatable bonds is 3. The van der Waals surface area contributed by atoms with Gasteiger partial charge in [0.15, 0.2) is 0 Å². The van der Waals surface area contributed by atoms with Gasteiger partial charge in [-0.3, -0.25) is 4.79 Å². The van der Waals surface area contributed by atoms with E-state index in [-0.39, 0.29) is 16.7 Å². The van der Waals surface area contributed by atoms with Crippen LogP contribution in [-0.2, 0) is 14.8 Å². The largest absolute Gasteiger partial charge is 0.325 e. The number of carbonyl (C=O) groups excluding carboxylic acids is 1. The SMILES string of the molecule is NS(=O)(=O)c1ccc(NC(=O)C2CCSC2)c(Br)c1. The zero-order chi connectivity index (χ0) is 14.0. The second-order valence-electron chi connectivity index (χ2n) is 4.24. The molecule has 1 fully saturated rings. The molecule has 0 aliphatic carbocycles. The van der Waals surface area contributed by atoms with Gasteiger partial charge in [0.25, 0.3) is 0 Å². The number of primary sulfonamides is 1. The average Bonchev–Trinajstić information content (AvgIpc) is 2.84. The lowest BCUT2D eigenvalue weighted by Crippen LogP contribution is -2.22. The van der Waals surface area contributed by atoms with E-state index in [1.54, 1.807) is 11.8 Å². The zero-order valence-electron chi connectivity index (χ0n) is 9.93. The Balaban J connectivity index is 2.15. The molecule has 19 heavy (non-hydrogen) atoms. The van der Waals surface area contributed by atoms with Gasteiger partial charge in [0.2, 0.25) is 15.9 Å². The topological polar surface area (TPSA) is 89.3 Å². The molecular formula is C11H13BrN2O3S2. The van der Waals surface area contributed by atoms with Crippen molar-refractivity contribution in [2.45, 2.75) is 11.3 Å². The number of thioether (sulfide) groups is 1. The molecule has 1 aliphatic heterocycles. The van der Waals surface area contributed by atoms with E-state index in [1.807, 2.05) is 0 Å². The van der Waals surface area contributed by atoms with Gasteiger partial charge < -0.3 is 5.32 Å². The third-order valence-electron chi connectivity index (χ3n) is 2.83. The highest BCUT2D eigenvalue weighted by Crippen LogP contribution is 2.28. The standard InChI is InChI=1S/C11H13BrN2O3S2/c12-9-5-8(19(13,16)17)1-2-10(9)14-11(15)7-3-4-18-6-7/h1-2,5,7H,3-4,6H2,(H,14,15)(H2,13,16,17). The molecule has 1 unspecified atom stereocenters. The normalized spacial score (nSPS) is 19.4. The van der Waals surface area contributed by atoms with Crippen molar-refractivity contribution in [2.75, 3.05) is 16.8 Å². The third-order valence-corrected chi connectivity index (χ3v) is 5.56. The van der Waals surface area contributed by atoms with Crippen LogP contribution in [0.1, 0.15) is 6.42 Å². The number of anilines is 1. The van der Waals surface area contributed by atoms with Crippen LogP contribution in [0.5, 0.6) is 0 Å². The molecule has 8 heteroatoms. The minimum atomic E-state index is -3.73.